The molecule has 7 nitrogen and oxygen atoms in total. The molecule has 2 aliphatic rings. The van der Waals surface area contributed by atoms with Crippen molar-refractivity contribution < 1.29 is 9.18 Å². The summed E-state index contributed by atoms with van der Waals surface area (Å²) in [5.41, 5.74) is 2.77. The first-order chi connectivity index (χ1) is 18.8. The van der Waals surface area contributed by atoms with Crippen molar-refractivity contribution in [3.05, 3.63) is 97.9 Å². The molecule has 2 fully saturated rings. The lowest BCUT2D eigenvalue weighted by molar-refractivity contribution is -0.122. The number of carbonyl (C=O) groups excluding carboxylic acids is 1. The van der Waals surface area contributed by atoms with Gasteiger partial charge in [0.05, 0.1) is 11.4 Å². The quantitative estimate of drug-likeness (QED) is 0.338. The number of amides is 1. The van der Waals surface area contributed by atoms with E-state index in [1.54, 1.807) is 37.1 Å². The molecule has 0 spiro atoms. The van der Waals surface area contributed by atoms with Crippen molar-refractivity contribution in [2.24, 2.45) is 7.05 Å². The van der Waals surface area contributed by atoms with Crippen molar-refractivity contribution in [2.75, 3.05) is 36.0 Å². The van der Waals surface area contributed by atoms with Gasteiger partial charge in [0.1, 0.15) is 27.6 Å². The van der Waals surface area contributed by atoms with E-state index in [9.17, 15) is 19.2 Å². The minimum atomic E-state index is -0.375. The summed E-state index contributed by atoms with van der Waals surface area (Å²) in [6, 6.07) is 18.1. The largest absolute Gasteiger partial charge is 0.368 e. The lowest BCUT2D eigenvalue weighted by atomic mass is 10.0. The molecule has 0 atom stereocenters. The van der Waals surface area contributed by atoms with Crippen molar-refractivity contribution in [2.45, 2.75) is 13.5 Å². The maximum absolute atomic E-state index is 13.4. The monoisotopic (exact) mass is 559 g/mol. The van der Waals surface area contributed by atoms with Gasteiger partial charge in [-0.25, -0.2) is 4.39 Å². The minimum Gasteiger partial charge on any atom is -0.368 e. The lowest BCUT2D eigenvalue weighted by Crippen LogP contribution is -2.48. The van der Waals surface area contributed by atoms with Crippen LogP contribution >= 0.6 is 24.0 Å². The number of thiocarbonyl (C=S) groups is 1. The minimum absolute atomic E-state index is 0.0530. The van der Waals surface area contributed by atoms with Crippen LogP contribution in [0.5, 0.6) is 0 Å². The maximum atomic E-state index is 13.4. The van der Waals surface area contributed by atoms with Crippen molar-refractivity contribution >= 4 is 51.8 Å². The van der Waals surface area contributed by atoms with Crippen molar-refractivity contribution in [3.8, 4) is 6.07 Å². The molecule has 10 heteroatoms. The molecule has 0 N–H and O–H groups in total. The van der Waals surface area contributed by atoms with Crippen LogP contribution in [0.25, 0.3) is 6.08 Å². The number of pyridine rings is 1. The highest BCUT2D eigenvalue weighted by atomic mass is 32.2. The fourth-order valence-corrected chi connectivity index (χ4v) is 6.19. The van der Waals surface area contributed by atoms with E-state index in [0.717, 1.165) is 11.3 Å². The van der Waals surface area contributed by atoms with Crippen LogP contribution in [0.4, 0.5) is 15.9 Å². The zero-order valence-electron chi connectivity index (χ0n) is 21.6. The summed E-state index contributed by atoms with van der Waals surface area (Å²) in [5.74, 6) is 0.176. The number of hydrogen-bond acceptors (Lipinski definition) is 7. The van der Waals surface area contributed by atoms with E-state index < -0.39 is 0 Å². The Morgan fingerprint density at radius 1 is 1.03 bits per heavy atom. The average molecular weight is 560 g/mol. The molecule has 0 bridgehead atoms. The van der Waals surface area contributed by atoms with E-state index in [1.165, 1.54) is 28.5 Å². The van der Waals surface area contributed by atoms with Gasteiger partial charge in [-0.05, 0) is 48.4 Å². The second-order valence-electron chi connectivity index (χ2n) is 9.42. The lowest BCUT2D eigenvalue weighted by Gasteiger charge is -2.38. The van der Waals surface area contributed by atoms with Gasteiger partial charge in [0.2, 0.25) is 0 Å². The van der Waals surface area contributed by atoms with Gasteiger partial charge in [-0.15, -0.1) is 0 Å². The Balaban J connectivity index is 1.48. The third-order valence-electron chi connectivity index (χ3n) is 7.07. The Morgan fingerprint density at radius 3 is 2.31 bits per heavy atom. The summed E-state index contributed by atoms with van der Waals surface area (Å²) in [6.07, 6.45) is 1.77. The van der Waals surface area contributed by atoms with Crippen molar-refractivity contribution in [3.63, 3.8) is 0 Å². The van der Waals surface area contributed by atoms with Gasteiger partial charge in [0.15, 0.2) is 0 Å². The smallest absolute Gasteiger partial charge is 0.270 e. The van der Waals surface area contributed by atoms with Crippen LogP contribution in [0.1, 0.15) is 22.3 Å². The van der Waals surface area contributed by atoms with Crippen molar-refractivity contribution in [1.82, 2.24) is 9.47 Å². The summed E-state index contributed by atoms with van der Waals surface area (Å²) in [7, 11) is 1.66. The number of nitriles is 1. The Labute approximate surface area is 235 Å². The number of piperazine rings is 1. The van der Waals surface area contributed by atoms with Crippen LogP contribution in [0.2, 0.25) is 0 Å². The van der Waals surface area contributed by atoms with E-state index in [-0.39, 0.29) is 22.8 Å². The van der Waals surface area contributed by atoms with Crippen LogP contribution < -0.4 is 15.4 Å². The Kier molecular flexibility index (Phi) is 7.55. The molecule has 3 aromatic rings. The van der Waals surface area contributed by atoms with Crippen molar-refractivity contribution in [1.29, 1.82) is 5.26 Å². The predicted octanol–water partition coefficient (Wildman–Crippen LogP) is 4.43. The first-order valence-electron chi connectivity index (χ1n) is 12.5. The van der Waals surface area contributed by atoms with Gasteiger partial charge in [0, 0.05) is 44.5 Å². The number of benzene rings is 2. The van der Waals surface area contributed by atoms with Crippen LogP contribution in [0, 0.1) is 24.1 Å². The molecule has 1 aromatic heterocycles. The summed E-state index contributed by atoms with van der Waals surface area (Å²) in [4.78, 5) is 32.8. The molecule has 2 aliphatic heterocycles. The highest BCUT2D eigenvalue weighted by Gasteiger charge is 2.33. The van der Waals surface area contributed by atoms with Gasteiger partial charge in [-0.2, -0.15) is 5.26 Å². The predicted molar refractivity (Wildman–Crippen MR) is 157 cm³/mol. The van der Waals surface area contributed by atoms with E-state index in [1.807, 2.05) is 36.4 Å². The fourth-order valence-electron chi connectivity index (χ4n) is 4.96. The third-order valence-corrected chi connectivity index (χ3v) is 8.45. The number of rotatable bonds is 5. The molecule has 39 heavy (non-hydrogen) atoms. The number of halogens is 1. The van der Waals surface area contributed by atoms with Gasteiger partial charge in [-0.3, -0.25) is 19.1 Å². The molecule has 0 aliphatic carbocycles. The third kappa shape index (κ3) is 5.20. The van der Waals surface area contributed by atoms with Crippen LogP contribution in [0.3, 0.4) is 0 Å². The second-order valence-corrected chi connectivity index (χ2v) is 11.1. The normalized spacial score (nSPS) is 16.8. The Bertz CT molecular complexity index is 1570. The van der Waals surface area contributed by atoms with Gasteiger partial charge in [-0.1, -0.05) is 54.3 Å². The molecule has 0 radical (unpaired) electrons. The van der Waals surface area contributed by atoms with Crippen LogP contribution in [0.15, 0.2) is 64.3 Å². The number of hydrogen-bond donors (Lipinski definition) is 0. The molecule has 198 valence electrons. The molecule has 2 saturated heterocycles. The SMILES string of the molecule is Cc1c(/C=C2\SC(=S)N(Cc3ccccc3)C2=O)c(N2CCN(c3ccc(F)cc3)CC2)n(C)c(=O)c1C#N. The standard InChI is InChI=1S/C29H26FN5O2S2/c1-19-23(16-25-28(37)35(29(38)39-25)18-20-6-4-3-5-7-20)26(32(2)27(36)24(19)17-31)34-14-12-33(13-15-34)22-10-8-21(30)9-11-22/h3-11,16H,12-15,18H2,1-2H3/b25-16-. The summed E-state index contributed by atoms with van der Waals surface area (Å²) in [6.45, 7) is 4.65. The second kappa shape index (κ2) is 11.0. The molecule has 1 amide bonds. The molecule has 2 aromatic carbocycles. The molecule has 0 unspecified atom stereocenters. The van der Waals surface area contributed by atoms with E-state index in [0.29, 0.717) is 58.9 Å². The van der Waals surface area contributed by atoms with Gasteiger partial charge >= 0.3 is 0 Å². The zero-order chi connectivity index (χ0) is 27.7. The van der Waals surface area contributed by atoms with Crippen LogP contribution in [-0.4, -0.2) is 45.9 Å². The van der Waals surface area contributed by atoms with Gasteiger partial charge in [0.25, 0.3) is 11.5 Å². The summed E-state index contributed by atoms with van der Waals surface area (Å²) >= 11 is 6.77. The number of carbonyl (C=O) groups is 1. The van der Waals surface area contributed by atoms with E-state index >= 15 is 0 Å². The summed E-state index contributed by atoms with van der Waals surface area (Å²) in [5, 5.41) is 9.76. The molecule has 5 rings (SSSR count). The maximum Gasteiger partial charge on any atom is 0.270 e. The Morgan fingerprint density at radius 2 is 1.67 bits per heavy atom. The number of thioether (sulfide) groups is 1. The van der Waals surface area contributed by atoms with Crippen LogP contribution in [-0.2, 0) is 18.4 Å². The first kappa shape index (κ1) is 26.7. The fraction of sp³-hybridized carbons (Fsp3) is 0.241. The number of nitrogens with zero attached hydrogens (tertiary/aromatic N) is 5. The molecular weight excluding hydrogens is 533 g/mol. The first-order valence-corrected chi connectivity index (χ1v) is 13.7. The van der Waals surface area contributed by atoms with E-state index in [2.05, 4.69) is 9.80 Å². The Hall–Kier alpha value is -3.94. The topological polar surface area (TPSA) is 72.6 Å². The highest BCUT2D eigenvalue weighted by Crippen LogP contribution is 2.36. The summed E-state index contributed by atoms with van der Waals surface area (Å²) < 4.78 is 15.4. The molecular formula is C29H26FN5O2S2. The van der Waals surface area contributed by atoms with E-state index in [4.69, 9.17) is 12.2 Å². The molecule has 0 saturated carbocycles. The zero-order valence-corrected chi connectivity index (χ0v) is 23.2. The number of anilines is 2. The highest BCUT2D eigenvalue weighted by molar-refractivity contribution is 8.26. The number of aromatic nitrogens is 1. The molecule has 3 heterocycles. The average Bonchev–Trinajstić information content (AvgIpc) is 3.20. The van der Waals surface area contributed by atoms with Gasteiger partial charge < -0.3 is 9.80 Å².